The molecule has 3 aromatic rings. The number of esters is 1. The van der Waals surface area contributed by atoms with Crippen molar-refractivity contribution in [2.45, 2.75) is 19.9 Å². The third-order valence-electron chi connectivity index (χ3n) is 5.41. The summed E-state index contributed by atoms with van der Waals surface area (Å²) in [5, 5.41) is 22.9. The first-order chi connectivity index (χ1) is 17.1. The van der Waals surface area contributed by atoms with E-state index in [1.54, 1.807) is 13.8 Å². The fraction of sp³-hybridized carbons (Fsp3) is 0.167. The van der Waals surface area contributed by atoms with E-state index >= 15 is 0 Å². The van der Waals surface area contributed by atoms with Crippen LogP contribution in [0.1, 0.15) is 39.5 Å². The summed E-state index contributed by atoms with van der Waals surface area (Å²) in [5.74, 6) is -3.14. The summed E-state index contributed by atoms with van der Waals surface area (Å²) < 4.78 is 5.04. The summed E-state index contributed by atoms with van der Waals surface area (Å²) in [6, 6.07) is 10.1. The summed E-state index contributed by atoms with van der Waals surface area (Å²) in [6.45, 7) is 3.33. The van der Waals surface area contributed by atoms with Crippen LogP contribution in [-0.4, -0.2) is 39.3 Å². The van der Waals surface area contributed by atoms with Gasteiger partial charge in [0.25, 0.3) is 11.5 Å². The molecule has 4 rings (SSSR count). The van der Waals surface area contributed by atoms with Crippen LogP contribution in [0.3, 0.4) is 0 Å². The zero-order valence-electron chi connectivity index (χ0n) is 18.9. The molecule has 1 atom stereocenters. The highest BCUT2D eigenvalue weighted by molar-refractivity contribution is 7.17. The molecule has 0 aliphatic carbocycles. The molecule has 2 heterocycles. The highest BCUT2D eigenvalue weighted by atomic mass is 35.5. The first-order valence-corrected chi connectivity index (χ1v) is 11.8. The number of carbonyl (C=O) groups is 3. The van der Waals surface area contributed by atoms with Crippen molar-refractivity contribution in [3.05, 3.63) is 90.9 Å². The number of hydrogen-bond donors (Lipinski definition) is 1. The van der Waals surface area contributed by atoms with Gasteiger partial charge < -0.3 is 9.84 Å². The number of aromatic nitrogens is 1. The second kappa shape index (κ2) is 9.88. The molecule has 1 amide bonds. The topological polar surface area (TPSA) is 140 Å². The van der Waals surface area contributed by atoms with E-state index in [1.807, 2.05) is 0 Å². The largest absolute Gasteiger partial charge is 0.507 e. The predicted octanol–water partition coefficient (Wildman–Crippen LogP) is 4.82. The zero-order valence-corrected chi connectivity index (χ0v) is 20.5. The minimum atomic E-state index is -1.25. The first kappa shape index (κ1) is 25.0. The molecule has 2 aromatic carbocycles. The number of benzene rings is 2. The van der Waals surface area contributed by atoms with E-state index in [0.29, 0.717) is 5.02 Å². The number of Topliss-reactive ketones (excluding diaryl/α,β-unsaturated/α-hetero) is 1. The van der Waals surface area contributed by atoms with Gasteiger partial charge in [0.2, 0.25) is 0 Å². The van der Waals surface area contributed by atoms with Crippen LogP contribution < -0.4 is 4.90 Å². The second-order valence-electron chi connectivity index (χ2n) is 7.66. The maximum Gasteiger partial charge on any atom is 0.350 e. The lowest BCUT2D eigenvalue weighted by Crippen LogP contribution is -2.29. The van der Waals surface area contributed by atoms with E-state index in [-0.39, 0.29) is 44.7 Å². The number of halogens is 1. The summed E-state index contributed by atoms with van der Waals surface area (Å²) in [5.41, 5.74) is 0.145. The third-order valence-corrected chi connectivity index (χ3v) is 6.80. The van der Waals surface area contributed by atoms with Gasteiger partial charge in [-0.15, -0.1) is 0 Å². The Morgan fingerprint density at radius 1 is 1.25 bits per heavy atom. The number of hydrogen-bond acceptors (Lipinski definition) is 9. The quantitative estimate of drug-likeness (QED) is 0.120. The van der Waals surface area contributed by atoms with E-state index in [9.17, 15) is 29.6 Å². The van der Waals surface area contributed by atoms with Crippen LogP contribution >= 0.6 is 22.9 Å². The van der Waals surface area contributed by atoms with Crippen LogP contribution in [0.15, 0.2) is 54.1 Å². The van der Waals surface area contributed by atoms with Crippen molar-refractivity contribution >= 4 is 57.2 Å². The summed E-state index contributed by atoms with van der Waals surface area (Å²) >= 11 is 6.78. The molecule has 1 aliphatic heterocycles. The van der Waals surface area contributed by atoms with Crippen LogP contribution in [0.2, 0.25) is 5.02 Å². The number of nitro groups is 1. The smallest absolute Gasteiger partial charge is 0.350 e. The number of aryl methyl sites for hydroxylation is 1. The number of nitro benzene ring substituents is 1. The first-order valence-electron chi connectivity index (χ1n) is 10.6. The van der Waals surface area contributed by atoms with Crippen LogP contribution in [-0.2, 0) is 14.3 Å². The normalized spacial score (nSPS) is 16.9. The van der Waals surface area contributed by atoms with Crippen LogP contribution in [0.25, 0.3) is 5.76 Å². The number of ether oxygens (including phenoxy) is 1. The van der Waals surface area contributed by atoms with Crippen LogP contribution in [0.4, 0.5) is 10.8 Å². The molecule has 1 aromatic heterocycles. The molecular weight excluding hydrogens is 510 g/mol. The number of anilines is 1. The van der Waals surface area contributed by atoms with Crippen molar-refractivity contribution in [3.63, 3.8) is 0 Å². The average molecular weight is 528 g/mol. The van der Waals surface area contributed by atoms with Gasteiger partial charge in [-0.1, -0.05) is 35.1 Å². The highest BCUT2D eigenvalue weighted by Crippen LogP contribution is 2.44. The Kier molecular flexibility index (Phi) is 6.86. The molecule has 36 heavy (non-hydrogen) atoms. The maximum atomic E-state index is 13.3. The van der Waals surface area contributed by atoms with Crippen molar-refractivity contribution in [2.75, 3.05) is 11.5 Å². The molecule has 0 radical (unpaired) electrons. The Morgan fingerprint density at radius 3 is 2.58 bits per heavy atom. The fourth-order valence-electron chi connectivity index (χ4n) is 3.79. The number of rotatable bonds is 6. The molecule has 0 bridgehead atoms. The van der Waals surface area contributed by atoms with Crippen molar-refractivity contribution in [3.8, 4) is 0 Å². The van der Waals surface area contributed by atoms with E-state index in [1.165, 1.54) is 48.5 Å². The van der Waals surface area contributed by atoms with Crippen molar-refractivity contribution in [2.24, 2.45) is 0 Å². The zero-order chi connectivity index (χ0) is 26.1. The molecule has 1 aliphatic rings. The highest BCUT2D eigenvalue weighted by Gasteiger charge is 2.48. The minimum absolute atomic E-state index is 0.00400. The Morgan fingerprint density at radius 2 is 1.94 bits per heavy atom. The Hall–Kier alpha value is -4.09. The number of amides is 1. The molecule has 1 N–H and O–H groups in total. The van der Waals surface area contributed by atoms with E-state index in [2.05, 4.69) is 4.98 Å². The molecule has 1 unspecified atom stereocenters. The van der Waals surface area contributed by atoms with E-state index < -0.39 is 34.4 Å². The molecule has 1 saturated heterocycles. The van der Waals surface area contributed by atoms with Gasteiger partial charge in [-0.25, -0.2) is 9.78 Å². The van der Waals surface area contributed by atoms with Gasteiger partial charge in [0.15, 0.2) is 5.13 Å². The fourth-order valence-corrected chi connectivity index (χ4v) is 4.90. The standard InChI is InChI=1S/C24H18ClN3O7S/c1-3-35-23(32)21-12(2)26-24(36-21)27-18(14-5-4-6-16(11-14)28(33)34)17(20(30)22(27)31)19(29)13-7-9-15(25)10-8-13/h4-11,18,29H,3H2,1-2H3/b19-17+. The maximum absolute atomic E-state index is 13.3. The molecular formula is C24H18ClN3O7S. The number of ketones is 1. The van der Waals surface area contributed by atoms with Crippen molar-refractivity contribution < 1.29 is 29.2 Å². The SMILES string of the molecule is CCOC(=O)c1sc(N2C(=O)C(=O)/C(=C(/O)c3ccc(Cl)cc3)C2c2cccc([N+](=O)[O-])c2)nc1C. The predicted molar refractivity (Wildman–Crippen MR) is 132 cm³/mol. The molecule has 184 valence electrons. The van der Waals surface area contributed by atoms with Crippen molar-refractivity contribution in [1.82, 2.24) is 4.98 Å². The van der Waals surface area contributed by atoms with Gasteiger partial charge in [0, 0.05) is 22.7 Å². The number of non-ortho nitro benzene ring substituents is 1. The van der Waals surface area contributed by atoms with E-state index in [0.717, 1.165) is 16.2 Å². The number of aliphatic hydroxyl groups excluding tert-OH is 1. The number of carbonyl (C=O) groups excluding carboxylic acids is 3. The van der Waals surface area contributed by atoms with Gasteiger partial charge in [-0.3, -0.25) is 24.6 Å². The van der Waals surface area contributed by atoms with E-state index in [4.69, 9.17) is 16.3 Å². The van der Waals surface area contributed by atoms with Gasteiger partial charge in [-0.05, 0) is 43.7 Å². The third kappa shape index (κ3) is 4.45. The molecule has 12 heteroatoms. The van der Waals surface area contributed by atoms with Crippen LogP contribution in [0, 0.1) is 17.0 Å². The molecule has 0 saturated carbocycles. The van der Waals surface area contributed by atoms with Crippen LogP contribution in [0.5, 0.6) is 0 Å². The van der Waals surface area contributed by atoms with Gasteiger partial charge in [-0.2, -0.15) is 0 Å². The Bertz CT molecular complexity index is 1430. The summed E-state index contributed by atoms with van der Waals surface area (Å²) in [7, 11) is 0. The lowest BCUT2D eigenvalue weighted by Gasteiger charge is -2.22. The number of nitrogens with zero attached hydrogens (tertiary/aromatic N) is 3. The molecule has 1 fully saturated rings. The monoisotopic (exact) mass is 527 g/mol. The second-order valence-corrected chi connectivity index (χ2v) is 9.07. The number of thiazole rings is 1. The van der Waals surface area contributed by atoms with Gasteiger partial charge in [0.05, 0.1) is 28.8 Å². The molecule has 10 nitrogen and oxygen atoms in total. The van der Waals surface area contributed by atoms with Crippen molar-refractivity contribution in [1.29, 1.82) is 0 Å². The minimum Gasteiger partial charge on any atom is -0.507 e. The average Bonchev–Trinajstić information content (AvgIpc) is 3.36. The summed E-state index contributed by atoms with van der Waals surface area (Å²) in [6.07, 6.45) is 0. The van der Waals surface area contributed by atoms with Gasteiger partial charge >= 0.3 is 11.9 Å². The summed E-state index contributed by atoms with van der Waals surface area (Å²) in [4.78, 5) is 55.1. The number of aliphatic hydroxyl groups is 1. The molecule has 0 spiro atoms. The lowest BCUT2D eigenvalue weighted by molar-refractivity contribution is -0.384. The Balaban J connectivity index is 1.94. The Labute approximate surface area is 213 Å². The lowest BCUT2D eigenvalue weighted by atomic mass is 9.95. The van der Waals surface area contributed by atoms with Gasteiger partial charge in [0.1, 0.15) is 10.6 Å².